The monoisotopic (exact) mass is 184 g/mol. The smallest absolute Gasteiger partial charge is 0.0326 e. The van der Waals surface area contributed by atoms with Crippen molar-refractivity contribution in [2.75, 3.05) is 0 Å². The molecule has 0 nitrogen and oxygen atoms in total. The Balaban J connectivity index is 0. The predicted molar refractivity (Wildman–Crippen MR) is 64.2 cm³/mol. The molecule has 0 amide bonds. The fraction of sp³-hybridized carbons (Fsp3) is 0.846. The van der Waals surface area contributed by atoms with E-state index in [9.17, 15) is 0 Å². The molecular weight excluding hydrogens is 156 g/mol. The molecule has 0 aromatic rings. The molecule has 0 rings (SSSR count). The van der Waals surface area contributed by atoms with E-state index in [1.165, 1.54) is 50.5 Å². The third-order valence-electron chi connectivity index (χ3n) is 1.96. The quantitative estimate of drug-likeness (QED) is 0.370. The van der Waals surface area contributed by atoms with Gasteiger partial charge in [0.1, 0.15) is 0 Å². The summed E-state index contributed by atoms with van der Waals surface area (Å²) in [6.07, 6.45) is 9.57. The summed E-state index contributed by atoms with van der Waals surface area (Å²) in [4.78, 5) is 0. The van der Waals surface area contributed by atoms with Crippen LogP contribution in [0.1, 0.15) is 72.6 Å². The molecule has 0 heteroatoms. The Morgan fingerprint density at radius 3 is 1.85 bits per heavy atom. The van der Waals surface area contributed by atoms with Gasteiger partial charge in [-0.1, -0.05) is 58.4 Å². The first-order valence-corrected chi connectivity index (χ1v) is 5.91. The lowest BCUT2D eigenvalue weighted by Crippen LogP contribution is -1.79. The van der Waals surface area contributed by atoms with Crippen molar-refractivity contribution in [2.45, 2.75) is 72.6 Å². The van der Waals surface area contributed by atoms with Gasteiger partial charge in [0.15, 0.2) is 0 Å². The number of unbranched alkanes of at least 4 members (excludes halogenated alkanes) is 5. The second kappa shape index (κ2) is 14.3. The Kier molecular flexibility index (Phi) is 16.7. The van der Waals surface area contributed by atoms with Crippen molar-refractivity contribution < 1.29 is 0 Å². The molecule has 0 saturated heterocycles. The lowest BCUT2D eigenvalue weighted by molar-refractivity contribution is 0.607. The molecule has 0 saturated carbocycles. The highest BCUT2D eigenvalue weighted by Crippen LogP contribution is 2.09. The fourth-order valence-corrected chi connectivity index (χ4v) is 1.21. The van der Waals surface area contributed by atoms with E-state index in [0.29, 0.717) is 0 Å². The lowest BCUT2D eigenvalue weighted by Gasteiger charge is -1.99. The van der Waals surface area contributed by atoms with Crippen molar-refractivity contribution in [1.82, 2.24) is 0 Å². The van der Waals surface area contributed by atoms with Gasteiger partial charge >= 0.3 is 0 Å². The minimum Gasteiger partial charge on any atom is -0.100 e. The fourth-order valence-electron chi connectivity index (χ4n) is 1.21. The molecule has 0 heterocycles. The van der Waals surface area contributed by atoms with Gasteiger partial charge in [0.05, 0.1) is 0 Å². The zero-order valence-corrected chi connectivity index (χ0v) is 10.2. The van der Waals surface area contributed by atoms with E-state index < -0.39 is 0 Å². The zero-order valence-electron chi connectivity index (χ0n) is 10.2. The van der Waals surface area contributed by atoms with Crippen LogP contribution in [0.4, 0.5) is 0 Å². The van der Waals surface area contributed by atoms with Gasteiger partial charge in [0.2, 0.25) is 0 Å². The highest BCUT2D eigenvalue weighted by atomic mass is 14.0. The van der Waals surface area contributed by atoms with Gasteiger partial charge in [0, 0.05) is 0 Å². The van der Waals surface area contributed by atoms with Gasteiger partial charge < -0.3 is 0 Å². The van der Waals surface area contributed by atoms with Gasteiger partial charge in [-0.05, 0) is 19.8 Å². The van der Waals surface area contributed by atoms with Crippen LogP contribution in [0.15, 0.2) is 12.2 Å². The van der Waals surface area contributed by atoms with Crippen molar-refractivity contribution >= 4 is 0 Å². The van der Waals surface area contributed by atoms with E-state index in [1.54, 1.807) is 0 Å². The molecule has 0 aliphatic heterocycles. The van der Waals surface area contributed by atoms with Crippen molar-refractivity contribution in [1.29, 1.82) is 0 Å². The van der Waals surface area contributed by atoms with Crippen LogP contribution in [0.5, 0.6) is 0 Å². The maximum absolute atomic E-state index is 3.89. The molecule has 13 heavy (non-hydrogen) atoms. The van der Waals surface area contributed by atoms with Crippen LogP contribution in [0.25, 0.3) is 0 Å². The molecule has 80 valence electrons. The van der Waals surface area contributed by atoms with Crippen LogP contribution in [0, 0.1) is 0 Å². The number of hydrogen-bond acceptors (Lipinski definition) is 0. The second-order valence-corrected chi connectivity index (χ2v) is 3.47. The molecule has 0 aliphatic carbocycles. The topological polar surface area (TPSA) is 0 Å². The maximum atomic E-state index is 3.89. The third-order valence-corrected chi connectivity index (χ3v) is 1.96. The van der Waals surface area contributed by atoms with E-state index in [-0.39, 0.29) is 0 Å². The first-order valence-electron chi connectivity index (χ1n) is 5.91. The van der Waals surface area contributed by atoms with E-state index in [4.69, 9.17) is 0 Å². The molecule has 0 fully saturated rings. The number of allylic oxidation sites excluding steroid dienone is 1. The van der Waals surface area contributed by atoms with Crippen LogP contribution in [-0.2, 0) is 0 Å². The summed E-state index contributed by atoms with van der Waals surface area (Å²) in [5.41, 5.74) is 1.33. The Labute approximate surface area is 85.4 Å². The summed E-state index contributed by atoms with van der Waals surface area (Å²) in [5.74, 6) is 0. The van der Waals surface area contributed by atoms with Gasteiger partial charge in [-0.15, -0.1) is 6.58 Å². The molecule has 0 spiro atoms. The molecule has 0 aromatic heterocycles. The summed E-state index contributed by atoms with van der Waals surface area (Å²) in [5, 5.41) is 0. The Hall–Kier alpha value is -0.260. The molecule has 0 atom stereocenters. The minimum atomic E-state index is 1.23. The Bertz CT molecular complexity index is 92.2. The first kappa shape index (κ1) is 15.2. The van der Waals surface area contributed by atoms with Gasteiger partial charge in [-0.2, -0.15) is 0 Å². The average molecular weight is 184 g/mol. The summed E-state index contributed by atoms with van der Waals surface area (Å²) >= 11 is 0. The first-order chi connectivity index (χ1) is 6.27. The SMILES string of the molecule is C=C(C)CCCCCCCC.CC. The summed E-state index contributed by atoms with van der Waals surface area (Å²) < 4.78 is 0. The van der Waals surface area contributed by atoms with Crippen LogP contribution in [0.2, 0.25) is 0 Å². The predicted octanol–water partition coefficient (Wildman–Crippen LogP) is 5.34. The van der Waals surface area contributed by atoms with Crippen molar-refractivity contribution in [3.8, 4) is 0 Å². The maximum Gasteiger partial charge on any atom is -0.0326 e. The molecule has 0 unspecified atom stereocenters. The minimum absolute atomic E-state index is 1.23. The zero-order chi connectivity index (χ0) is 10.5. The Morgan fingerprint density at radius 2 is 1.38 bits per heavy atom. The van der Waals surface area contributed by atoms with Crippen LogP contribution >= 0.6 is 0 Å². The summed E-state index contributed by atoms with van der Waals surface area (Å²) in [6.45, 7) is 12.3. The number of rotatable bonds is 7. The molecule has 0 N–H and O–H groups in total. The van der Waals surface area contributed by atoms with Crippen LogP contribution < -0.4 is 0 Å². The van der Waals surface area contributed by atoms with Crippen LogP contribution in [-0.4, -0.2) is 0 Å². The summed E-state index contributed by atoms with van der Waals surface area (Å²) in [7, 11) is 0. The van der Waals surface area contributed by atoms with E-state index in [2.05, 4.69) is 20.4 Å². The van der Waals surface area contributed by atoms with Crippen molar-refractivity contribution in [2.24, 2.45) is 0 Å². The lowest BCUT2D eigenvalue weighted by atomic mass is 10.1. The Morgan fingerprint density at radius 1 is 0.923 bits per heavy atom. The standard InChI is InChI=1S/C11H22.C2H6/c1-4-5-6-7-8-9-10-11(2)3;1-2/h2,4-10H2,1,3H3;1-2H3. The van der Waals surface area contributed by atoms with Crippen LogP contribution in [0.3, 0.4) is 0 Å². The highest BCUT2D eigenvalue weighted by Gasteiger charge is 1.89. The molecule has 0 aliphatic rings. The van der Waals surface area contributed by atoms with E-state index >= 15 is 0 Å². The molecule has 0 bridgehead atoms. The molecule has 0 radical (unpaired) electrons. The van der Waals surface area contributed by atoms with Crippen molar-refractivity contribution in [3.63, 3.8) is 0 Å². The van der Waals surface area contributed by atoms with E-state index in [1.807, 2.05) is 13.8 Å². The van der Waals surface area contributed by atoms with Gasteiger partial charge in [-0.25, -0.2) is 0 Å². The average Bonchev–Trinajstić information content (AvgIpc) is 2.14. The molecular formula is C13H28. The molecule has 0 aromatic carbocycles. The second-order valence-electron chi connectivity index (χ2n) is 3.47. The largest absolute Gasteiger partial charge is 0.100 e. The van der Waals surface area contributed by atoms with E-state index in [0.717, 1.165) is 0 Å². The number of hydrogen-bond donors (Lipinski definition) is 0. The van der Waals surface area contributed by atoms with Gasteiger partial charge in [0.25, 0.3) is 0 Å². The third kappa shape index (κ3) is 18.6. The summed E-state index contributed by atoms with van der Waals surface area (Å²) in [6, 6.07) is 0. The van der Waals surface area contributed by atoms with Gasteiger partial charge in [-0.3, -0.25) is 0 Å². The van der Waals surface area contributed by atoms with Crippen molar-refractivity contribution in [3.05, 3.63) is 12.2 Å². The normalized spacial score (nSPS) is 8.92. The highest BCUT2D eigenvalue weighted by molar-refractivity contribution is 4.86.